The van der Waals surface area contributed by atoms with Gasteiger partial charge in [0.05, 0.1) is 10.2 Å². The topological polar surface area (TPSA) is 93.6 Å². The molecule has 0 radical (unpaired) electrons. The second kappa shape index (κ2) is 9.05. The van der Waals surface area contributed by atoms with Gasteiger partial charge in [0.1, 0.15) is 10.7 Å². The highest BCUT2D eigenvalue weighted by atomic mass is 32.2. The monoisotopic (exact) mass is 470 g/mol. The number of rotatable bonds is 5. The zero-order valence-corrected chi connectivity index (χ0v) is 19.4. The molecule has 0 unspecified atom stereocenters. The molecule has 0 saturated heterocycles. The quantitative estimate of drug-likeness (QED) is 0.336. The third-order valence-corrected chi connectivity index (χ3v) is 6.61. The minimum absolute atomic E-state index is 0.235. The molecule has 5 aromatic rings. The van der Waals surface area contributed by atoms with Crippen LogP contribution in [0.25, 0.3) is 20.9 Å². The maximum atomic E-state index is 13.0. The molecule has 0 atom stereocenters. The van der Waals surface area contributed by atoms with Crippen LogP contribution in [0.4, 0.5) is 5.69 Å². The predicted octanol–water partition coefficient (Wildman–Crippen LogP) is 5.56. The van der Waals surface area contributed by atoms with Gasteiger partial charge < -0.3 is 5.32 Å². The first-order valence-electron chi connectivity index (χ1n) is 10.1. The molecule has 1 N–H and O–H groups in total. The van der Waals surface area contributed by atoms with Gasteiger partial charge in [-0.3, -0.25) is 4.79 Å². The fourth-order valence-corrected chi connectivity index (χ4v) is 5.10. The van der Waals surface area contributed by atoms with Gasteiger partial charge in [-0.2, -0.15) is 0 Å². The van der Waals surface area contributed by atoms with Crippen molar-refractivity contribution in [3.8, 4) is 10.7 Å². The van der Waals surface area contributed by atoms with Crippen LogP contribution in [-0.4, -0.2) is 30.8 Å². The molecule has 0 aliphatic rings. The van der Waals surface area contributed by atoms with E-state index in [0.717, 1.165) is 26.5 Å². The number of fused-ring (bicyclic) bond motifs is 1. The van der Waals surface area contributed by atoms with Crippen molar-refractivity contribution in [2.45, 2.75) is 23.9 Å². The molecule has 0 saturated carbocycles. The number of nitrogens with zero attached hydrogens (tertiary/aromatic N) is 5. The number of carbonyl (C=O) groups excluding carboxylic acids is 1. The average molecular weight is 471 g/mol. The van der Waals surface area contributed by atoms with Gasteiger partial charge in [0, 0.05) is 34.4 Å². The van der Waals surface area contributed by atoms with Crippen LogP contribution >= 0.6 is 23.1 Å². The summed E-state index contributed by atoms with van der Waals surface area (Å²) in [6, 6.07) is 17.3. The van der Waals surface area contributed by atoms with E-state index in [4.69, 9.17) is 0 Å². The number of carbonyl (C=O) groups is 1. The normalized spacial score (nSPS) is 11.0. The molecule has 0 aliphatic heterocycles. The Balaban J connectivity index is 1.35. The minimum atomic E-state index is -0.338. The van der Waals surface area contributed by atoms with Gasteiger partial charge in [-0.05, 0) is 68.1 Å². The molecule has 5 rings (SSSR count). The second-order valence-corrected chi connectivity index (χ2v) is 9.33. The number of hydrogen-bond donors (Lipinski definition) is 1. The van der Waals surface area contributed by atoms with E-state index in [1.807, 2.05) is 68.4 Å². The fraction of sp³-hybridized carbons (Fsp3) is 0.0833. The Morgan fingerprint density at radius 1 is 0.909 bits per heavy atom. The van der Waals surface area contributed by atoms with E-state index < -0.39 is 0 Å². The van der Waals surface area contributed by atoms with Crippen LogP contribution in [-0.2, 0) is 0 Å². The number of thiazole rings is 1. The Bertz CT molecular complexity index is 1410. The third kappa shape index (κ3) is 4.74. The molecule has 162 valence electrons. The predicted molar refractivity (Wildman–Crippen MR) is 131 cm³/mol. The van der Waals surface area contributed by atoms with Gasteiger partial charge in [-0.25, -0.2) is 24.9 Å². The average Bonchev–Trinajstić information content (AvgIpc) is 3.24. The third-order valence-electron chi connectivity index (χ3n) is 4.69. The maximum Gasteiger partial charge on any atom is 0.276 e. The van der Waals surface area contributed by atoms with Gasteiger partial charge in [0.15, 0.2) is 10.9 Å². The number of amides is 1. The van der Waals surface area contributed by atoms with E-state index in [2.05, 4.69) is 30.2 Å². The van der Waals surface area contributed by atoms with E-state index >= 15 is 0 Å². The van der Waals surface area contributed by atoms with E-state index in [0.29, 0.717) is 21.5 Å². The first kappa shape index (κ1) is 21.2. The van der Waals surface area contributed by atoms with Crippen LogP contribution in [0, 0.1) is 13.8 Å². The molecule has 7 nitrogen and oxygen atoms in total. The lowest BCUT2D eigenvalue weighted by Gasteiger charge is -2.08. The lowest BCUT2D eigenvalue weighted by atomic mass is 10.2. The van der Waals surface area contributed by atoms with Crippen LogP contribution < -0.4 is 5.32 Å². The van der Waals surface area contributed by atoms with Crippen molar-refractivity contribution < 1.29 is 4.79 Å². The number of aryl methyl sites for hydroxylation is 2. The van der Waals surface area contributed by atoms with Crippen LogP contribution in [0.3, 0.4) is 0 Å². The standard InChI is InChI=1S/C24H18N6OS2/c1-14-13-15(2)28-24(27-14)32-17-9-7-16(8-10-17)29-22(31)20-21(26-12-11-25-20)23-30-18-5-3-4-6-19(18)33-23/h3-13H,1-2H3,(H,29,31). The number of hydrogen-bond acceptors (Lipinski definition) is 8. The Labute approximate surface area is 198 Å². The van der Waals surface area contributed by atoms with E-state index in [1.165, 1.54) is 29.3 Å². The summed E-state index contributed by atoms with van der Waals surface area (Å²) in [5.74, 6) is -0.338. The molecule has 3 heterocycles. The Morgan fingerprint density at radius 3 is 2.39 bits per heavy atom. The Hall–Kier alpha value is -3.69. The maximum absolute atomic E-state index is 13.0. The van der Waals surface area contributed by atoms with Crippen LogP contribution in [0.15, 0.2) is 77.0 Å². The van der Waals surface area contributed by atoms with Crippen molar-refractivity contribution in [2.24, 2.45) is 0 Å². The molecule has 3 aromatic heterocycles. The minimum Gasteiger partial charge on any atom is -0.321 e. The summed E-state index contributed by atoms with van der Waals surface area (Å²) < 4.78 is 1.03. The Kier molecular flexibility index (Phi) is 5.80. The number of aromatic nitrogens is 5. The molecule has 0 spiro atoms. The van der Waals surface area contributed by atoms with Gasteiger partial charge in [0.2, 0.25) is 0 Å². The zero-order valence-electron chi connectivity index (χ0n) is 17.8. The van der Waals surface area contributed by atoms with Crippen LogP contribution in [0.2, 0.25) is 0 Å². The first-order chi connectivity index (χ1) is 16.0. The summed E-state index contributed by atoms with van der Waals surface area (Å²) in [5.41, 5.74) is 4.10. The second-order valence-electron chi connectivity index (χ2n) is 7.25. The zero-order chi connectivity index (χ0) is 22.8. The Morgan fingerprint density at radius 2 is 1.64 bits per heavy atom. The van der Waals surface area contributed by atoms with Gasteiger partial charge in [-0.1, -0.05) is 12.1 Å². The molecule has 9 heteroatoms. The smallest absolute Gasteiger partial charge is 0.276 e. The summed E-state index contributed by atoms with van der Waals surface area (Å²) >= 11 is 2.96. The van der Waals surface area contributed by atoms with Crippen molar-refractivity contribution >= 4 is 44.9 Å². The lowest BCUT2D eigenvalue weighted by Crippen LogP contribution is -2.15. The number of para-hydroxylation sites is 1. The van der Waals surface area contributed by atoms with Crippen molar-refractivity contribution in [3.05, 3.63) is 84.1 Å². The molecule has 1 amide bonds. The lowest BCUT2D eigenvalue weighted by molar-refractivity contribution is 0.102. The number of nitrogens with one attached hydrogen (secondary N) is 1. The highest BCUT2D eigenvalue weighted by Gasteiger charge is 2.19. The summed E-state index contributed by atoms with van der Waals surface area (Å²) in [6.45, 7) is 3.90. The number of anilines is 1. The van der Waals surface area contributed by atoms with Crippen molar-refractivity contribution in [3.63, 3.8) is 0 Å². The molecule has 0 bridgehead atoms. The molecular formula is C24H18N6OS2. The first-order valence-corrected chi connectivity index (χ1v) is 11.8. The van der Waals surface area contributed by atoms with E-state index in [-0.39, 0.29) is 11.6 Å². The van der Waals surface area contributed by atoms with Crippen LogP contribution in [0.1, 0.15) is 21.9 Å². The summed E-state index contributed by atoms with van der Waals surface area (Å²) in [5, 5.41) is 4.27. The number of benzene rings is 2. The van der Waals surface area contributed by atoms with Crippen molar-refractivity contribution in [1.82, 2.24) is 24.9 Å². The summed E-state index contributed by atoms with van der Waals surface area (Å²) in [6.07, 6.45) is 3.08. The van der Waals surface area contributed by atoms with E-state index in [1.54, 1.807) is 6.20 Å². The van der Waals surface area contributed by atoms with Gasteiger partial charge in [0.25, 0.3) is 5.91 Å². The highest BCUT2D eigenvalue weighted by molar-refractivity contribution is 7.99. The van der Waals surface area contributed by atoms with Gasteiger partial charge in [-0.15, -0.1) is 11.3 Å². The molecule has 33 heavy (non-hydrogen) atoms. The fourth-order valence-electron chi connectivity index (χ4n) is 3.28. The van der Waals surface area contributed by atoms with Gasteiger partial charge >= 0.3 is 0 Å². The SMILES string of the molecule is Cc1cc(C)nc(Sc2ccc(NC(=O)c3nccnc3-c3nc4ccccc4s3)cc2)n1. The van der Waals surface area contributed by atoms with Crippen molar-refractivity contribution in [1.29, 1.82) is 0 Å². The molecule has 0 aliphatic carbocycles. The highest BCUT2D eigenvalue weighted by Crippen LogP contribution is 2.31. The molecule has 2 aromatic carbocycles. The van der Waals surface area contributed by atoms with E-state index in [9.17, 15) is 4.79 Å². The molecule has 0 fully saturated rings. The van der Waals surface area contributed by atoms with Crippen LogP contribution in [0.5, 0.6) is 0 Å². The summed E-state index contributed by atoms with van der Waals surface area (Å²) in [4.78, 5) is 36.2. The largest absolute Gasteiger partial charge is 0.321 e. The summed E-state index contributed by atoms with van der Waals surface area (Å²) in [7, 11) is 0. The molecular weight excluding hydrogens is 452 g/mol. The van der Waals surface area contributed by atoms with Crippen molar-refractivity contribution in [2.75, 3.05) is 5.32 Å².